The minimum atomic E-state index is 0.0763. The molecule has 2 N–H and O–H groups in total. The van der Waals surface area contributed by atoms with Crippen molar-refractivity contribution in [3.8, 4) is 11.4 Å². The number of nitrogens with zero attached hydrogens (tertiary/aromatic N) is 4. The predicted octanol–water partition coefficient (Wildman–Crippen LogP) is 4.17. The van der Waals surface area contributed by atoms with Crippen LogP contribution in [0.4, 0.5) is 5.69 Å². The fraction of sp³-hybridized carbons (Fsp3) is 0.320. The van der Waals surface area contributed by atoms with E-state index in [-0.39, 0.29) is 11.8 Å². The normalized spacial score (nSPS) is 15.2. The van der Waals surface area contributed by atoms with E-state index in [2.05, 4.69) is 25.3 Å². The molecule has 0 unspecified atom stereocenters. The number of aryl methyl sites for hydroxylation is 1. The molecule has 2 aromatic carbocycles. The molecular weight excluding hydrogens is 400 g/mol. The molecule has 4 aromatic rings. The van der Waals surface area contributed by atoms with Crippen molar-refractivity contribution in [1.29, 1.82) is 0 Å². The van der Waals surface area contributed by atoms with Gasteiger partial charge in [0.25, 0.3) is 0 Å². The molecule has 0 bridgehead atoms. The first kappa shape index (κ1) is 20.5. The van der Waals surface area contributed by atoms with Gasteiger partial charge in [0.15, 0.2) is 0 Å². The monoisotopic (exact) mass is 428 g/mol. The minimum Gasteiger partial charge on any atom is -0.338 e. The van der Waals surface area contributed by atoms with E-state index in [1.165, 1.54) is 0 Å². The summed E-state index contributed by atoms with van der Waals surface area (Å²) in [5.74, 6) is 1.04. The lowest BCUT2D eigenvalue weighted by Crippen LogP contribution is -2.38. The van der Waals surface area contributed by atoms with Gasteiger partial charge in [-0.1, -0.05) is 12.1 Å². The third-order valence-electron chi connectivity index (χ3n) is 6.19. The molecule has 1 fully saturated rings. The Morgan fingerprint density at radius 3 is 2.59 bits per heavy atom. The average Bonchev–Trinajstić information content (AvgIpc) is 3.50. The molecule has 5 rings (SSSR count). The molecule has 0 radical (unpaired) electrons. The van der Waals surface area contributed by atoms with Gasteiger partial charge in [-0.25, -0.2) is 4.98 Å². The van der Waals surface area contributed by atoms with Gasteiger partial charge in [0, 0.05) is 36.1 Å². The molecule has 164 valence electrons. The number of hydrogen-bond acceptors (Lipinski definition) is 4. The van der Waals surface area contributed by atoms with E-state index < -0.39 is 0 Å². The molecule has 1 aliphatic heterocycles. The van der Waals surface area contributed by atoms with E-state index in [0.717, 1.165) is 73.6 Å². The summed E-state index contributed by atoms with van der Waals surface area (Å²) >= 11 is 0. The number of carbonyl (C=O) groups excluding carboxylic acids is 1. The standard InChI is InChI=1S/C25H28N6O/c32-25(20-11-17-30(18-12-20)14-4-16-31-15-3-13-26-31)27-21-9-7-19(8-10-21)24-28-22-5-1-2-6-23(22)29-24/h1-3,5-10,13,15,20H,4,11-12,14,16-18H2,(H,27,32)(H,28,29). The Morgan fingerprint density at radius 2 is 1.84 bits per heavy atom. The van der Waals surface area contributed by atoms with E-state index >= 15 is 0 Å². The van der Waals surface area contributed by atoms with E-state index in [9.17, 15) is 4.79 Å². The Hall–Kier alpha value is -3.45. The third kappa shape index (κ3) is 4.73. The fourth-order valence-corrected chi connectivity index (χ4v) is 4.35. The van der Waals surface area contributed by atoms with Crippen LogP contribution in [-0.2, 0) is 11.3 Å². The number of imidazole rings is 1. The van der Waals surface area contributed by atoms with Gasteiger partial charge >= 0.3 is 0 Å². The summed E-state index contributed by atoms with van der Waals surface area (Å²) in [5.41, 5.74) is 3.80. The second-order valence-electron chi connectivity index (χ2n) is 8.41. The largest absolute Gasteiger partial charge is 0.338 e. The van der Waals surface area contributed by atoms with Crippen LogP contribution in [0.5, 0.6) is 0 Å². The van der Waals surface area contributed by atoms with Crippen molar-refractivity contribution in [3.05, 3.63) is 67.0 Å². The summed E-state index contributed by atoms with van der Waals surface area (Å²) in [4.78, 5) is 23.2. The zero-order chi connectivity index (χ0) is 21.8. The van der Waals surface area contributed by atoms with Gasteiger partial charge in [0.2, 0.25) is 5.91 Å². The van der Waals surface area contributed by atoms with Gasteiger partial charge < -0.3 is 15.2 Å². The van der Waals surface area contributed by atoms with Crippen LogP contribution >= 0.6 is 0 Å². The number of amides is 1. The molecule has 1 aliphatic rings. The first-order chi connectivity index (χ1) is 15.7. The van der Waals surface area contributed by atoms with Crippen LogP contribution in [0.3, 0.4) is 0 Å². The summed E-state index contributed by atoms with van der Waals surface area (Å²) in [6.07, 6.45) is 6.71. The van der Waals surface area contributed by atoms with E-state index in [1.807, 2.05) is 71.7 Å². The Kier molecular flexibility index (Phi) is 5.98. The molecular formula is C25H28N6O. The van der Waals surface area contributed by atoms with Gasteiger partial charge in [0.1, 0.15) is 5.82 Å². The topological polar surface area (TPSA) is 78.8 Å². The van der Waals surface area contributed by atoms with Crippen molar-refractivity contribution >= 4 is 22.6 Å². The number of H-pyrrole nitrogens is 1. The summed E-state index contributed by atoms with van der Waals surface area (Å²) in [6, 6.07) is 17.8. The van der Waals surface area contributed by atoms with Gasteiger partial charge in [-0.3, -0.25) is 9.48 Å². The Balaban J connectivity index is 1.10. The molecule has 1 saturated heterocycles. The number of piperidine rings is 1. The SMILES string of the molecule is O=C(Nc1ccc(-c2nc3ccccc3[nH]2)cc1)C1CCN(CCCn2cccn2)CC1. The van der Waals surface area contributed by atoms with Crippen molar-refractivity contribution in [3.63, 3.8) is 0 Å². The number of fused-ring (bicyclic) bond motifs is 1. The number of rotatable bonds is 7. The van der Waals surface area contributed by atoms with Crippen LogP contribution in [0.25, 0.3) is 22.4 Å². The molecule has 3 heterocycles. The molecule has 2 aromatic heterocycles. The molecule has 1 amide bonds. The number of nitrogens with one attached hydrogen (secondary N) is 2. The second kappa shape index (κ2) is 9.36. The number of anilines is 1. The maximum atomic E-state index is 12.8. The summed E-state index contributed by atoms with van der Waals surface area (Å²) in [6.45, 7) is 3.94. The molecule has 0 atom stereocenters. The van der Waals surface area contributed by atoms with Crippen LogP contribution in [0, 0.1) is 5.92 Å². The Bertz CT molecular complexity index is 1120. The number of likely N-dealkylation sites (tertiary alicyclic amines) is 1. The zero-order valence-corrected chi connectivity index (χ0v) is 18.1. The first-order valence-electron chi connectivity index (χ1n) is 11.3. The van der Waals surface area contributed by atoms with Crippen molar-refractivity contribution < 1.29 is 4.79 Å². The van der Waals surface area contributed by atoms with Crippen LogP contribution in [-0.4, -0.2) is 50.2 Å². The van der Waals surface area contributed by atoms with Gasteiger partial charge in [-0.05, 0) is 81.4 Å². The highest BCUT2D eigenvalue weighted by atomic mass is 16.1. The van der Waals surface area contributed by atoms with Crippen molar-refractivity contribution in [2.24, 2.45) is 5.92 Å². The van der Waals surface area contributed by atoms with Crippen LogP contribution in [0.1, 0.15) is 19.3 Å². The van der Waals surface area contributed by atoms with E-state index in [0.29, 0.717) is 0 Å². The Labute approximate surface area is 187 Å². The van der Waals surface area contributed by atoms with E-state index in [4.69, 9.17) is 0 Å². The lowest BCUT2D eigenvalue weighted by Gasteiger charge is -2.31. The molecule has 0 aliphatic carbocycles. The predicted molar refractivity (Wildman–Crippen MR) is 126 cm³/mol. The number of hydrogen-bond donors (Lipinski definition) is 2. The lowest BCUT2D eigenvalue weighted by molar-refractivity contribution is -0.121. The number of aromatic nitrogens is 4. The number of benzene rings is 2. The lowest BCUT2D eigenvalue weighted by atomic mass is 9.95. The highest BCUT2D eigenvalue weighted by Crippen LogP contribution is 2.23. The number of carbonyl (C=O) groups is 1. The number of para-hydroxylation sites is 2. The first-order valence-corrected chi connectivity index (χ1v) is 11.3. The smallest absolute Gasteiger partial charge is 0.227 e. The van der Waals surface area contributed by atoms with Gasteiger partial charge in [-0.15, -0.1) is 0 Å². The number of aromatic amines is 1. The highest BCUT2D eigenvalue weighted by Gasteiger charge is 2.24. The maximum Gasteiger partial charge on any atom is 0.227 e. The minimum absolute atomic E-state index is 0.0763. The van der Waals surface area contributed by atoms with Crippen molar-refractivity contribution in [1.82, 2.24) is 24.6 Å². The molecule has 0 spiro atoms. The van der Waals surface area contributed by atoms with E-state index in [1.54, 1.807) is 0 Å². The highest BCUT2D eigenvalue weighted by molar-refractivity contribution is 5.93. The second-order valence-corrected chi connectivity index (χ2v) is 8.41. The molecule has 32 heavy (non-hydrogen) atoms. The quantitative estimate of drug-likeness (QED) is 0.463. The van der Waals surface area contributed by atoms with Crippen molar-refractivity contribution in [2.75, 3.05) is 25.0 Å². The average molecular weight is 429 g/mol. The van der Waals surface area contributed by atoms with Crippen LogP contribution in [0.15, 0.2) is 67.0 Å². The molecule has 0 saturated carbocycles. The van der Waals surface area contributed by atoms with Crippen molar-refractivity contribution in [2.45, 2.75) is 25.8 Å². The van der Waals surface area contributed by atoms with Crippen LogP contribution in [0.2, 0.25) is 0 Å². The van der Waals surface area contributed by atoms with Crippen LogP contribution < -0.4 is 5.32 Å². The zero-order valence-electron chi connectivity index (χ0n) is 18.1. The van der Waals surface area contributed by atoms with Gasteiger partial charge in [-0.2, -0.15) is 5.10 Å². The summed E-state index contributed by atoms with van der Waals surface area (Å²) in [7, 11) is 0. The summed E-state index contributed by atoms with van der Waals surface area (Å²) < 4.78 is 1.97. The molecule has 7 heteroatoms. The maximum absolute atomic E-state index is 12.8. The summed E-state index contributed by atoms with van der Waals surface area (Å²) in [5, 5.41) is 7.34. The Morgan fingerprint density at radius 1 is 1.03 bits per heavy atom. The fourth-order valence-electron chi connectivity index (χ4n) is 4.35. The third-order valence-corrected chi connectivity index (χ3v) is 6.19. The molecule has 7 nitrogen and oxygen atoms in total. The van der Waals surface area contributed by atoms with Gasteiger partial charge in [0.05, 0.1) is 11.0 Å².